The van der Waals surface area contributed by atoms with Crippen LogP contribution in [0.15, 0.2) is 11.6 Å². The summed E-state index contributed by atoms with van der Waals surface area (Å²) in [5.41, 5.74) is 0.431. The zero-order chi connectivity index (χ0) is 10.9. The maximum atomic E-state index is 10.9. The van der Waals surface area contributed by atoms with Gasteiger partial charge in [-0.25, -0.2) is 0 Å². The molecule has 0 N–H and O–H groups in total. The van der Waals surface area contributed by atoms with E-state index < -0.39 is 12.6 Å². The molecule has 0 amide bonds. The van der Waals surface area contributed by atoms with E-state index in [1.165, 1.54) is 0 Å². The van der Waals surface area contributed by atoms with Gasteiger partial charge in [-0.3, -0.25) is 0 Å². The summed E-state index contributed by atoms with van der Waals surface area (Å²) >= 11 is 4.59. The smallest absolute Gasteiger partial charge is 0.196 e. The number of halogens is 7. The van der Waals surface area contributed by atoms with Crippen molar-refractivity contribution < 1.29 is 26.3 Å². The molecular formula is C6H3ClF6. The fourth-order valence-electron chi connectivity index (χ4n) is 0.113. The maximum Gasteiger partial charge on any atom is 0.410 e. The molecule has 0 bridgehead atoms. The fraction of sp³-hybridized carbons (Fsp3) is 0.333. The van der Waals surface area contributed by atoms with E-state index in [2.05, 4.69) is 11.6 Å². The Bertz CT molecular complexity index is 195. The molecule has 0 unspecified atom stereocenters. The van der Waals surface area contributed by atoms with Crippen molar-refractivity contribution in [2.45, 2.75) is 12.6 Å². The van der Waals surface area contributed by atoms with Gasteiger partial charge in [0.15, 0.2) is 0 Å². The fourth-order valence-corrected chi connectivity index (χ4v) is 0.256. The minimum atomic E-state index is -4.26. The Morgan fingerprint density at radius 1 is 1.23 bits per heavy atom. The molecule has 0 aliphatic heterocycles. The molecule has 0 aromatic heterocycles. The standard InChI is InChI=1S/C3H2ClF3.C3HF3/c4-2-1-3(5,6)7;4-2-1-3(5)6/h1-2H;3H/b2-1-;. The average Bonchev–Trinajstić information content (AvgIpc) is 1.84. The number of alkyl halides is 5. The lowest BCUT2D eigenvalue weighted by atomic mass is 10.6. The summed E-state index contributed by atoms with van der Waals surface area (Å²) in [6.07, 6.45) is -6.58. The second kappa shape index (κ2) is 7.80. The van der Waals surface area contributed by atoms with Crippen LogP contribution in [0.4, 0.5) is 26.3 Å². The van der Waals surface area contributed by atoms with E-state index in [4.69, 9.17) is 0 Å². The molecule has 0 saturated heterocycles. The minimum absolute atomic E-state index is 0.0471. The Balaban J connectivity index is 0. The number of hydrogen-bond acceptors (Lipinski definition) is 0. The highest BCUT2D eigenvalue weighted by molar-refractivity contribution is 6.25. The Kier molecular flexibility index (Phi) is 8.81. The topological polar surface area (TPSA) is 0 Å². The van der Waals surface area contributed by atoms with Crippen LogP contribution < -0.4 is 0 Å². The molecular weight excluding hydrogens is 222 g/mol. The maximum absolute atomic E-state index is 10.9. The normalized spacial score (nSPS) is 10.5. The lowest BCUT2D eigenvalue weighted by Crippen LogP contribution is -1.99. The minimum Gasteiger partial charge on any atom is -0.196 e. The van der Waals surface area contributed by atoms with Gasteiger partial charge in [0.25, 0.3) is 0 Å². The van der Waals surface area contributed by atoms with Gasteiger partial charge < -0.3 is 0 Å². The molecule has 0 aromatic rings. The first-order valence-corrected chi connectivity index (χ1v) is 3.01. The lowest BCUT2D eigenvalue weighted by Gasteiger charge is -1.92. The molecule has 0 spiro atoms. The second-order valence-corrected chi connectivity index (χ2v) is 1.63. The van der Waals surface area contributed by atoms with Gasteiger partial charge in [0.05, 0.1) is 0 Å². The molecule has 7 heteroatoms. The van der Waals surface area contributed by atoms with Gasteiger partial charge in [0, 0.05) is 17.5 Å². The van der Waals surface area contributed by atoms with E-state index in [9.17, 15) is 26.3 Å². The van der Waals surface area contributed by atoms with E-state index in [0.717, 1.165) is 5.92 Å². The summed E-state index contributed by atoms with van der Waals surface area (Å²) in [5.74, 6) is 0.958. The SMILES string of the molecule is FC#CC(F)F.FC(F)(F)/C=C\Cl. The molecule has 0 atom stereocenters. The van der Waals surface area contributed by atoms with Crippen molar-refractivity contribution >= 4 is 11.6 Å². The van der Waals surface area contributed by atoms with Crippen LogP contribution in [0.2, 0.25) is 0 Å². The highest BCUT2D eigenvalue weighted by Crippen LogP contribution is 2.15. The van der Waals surface area contributed by atoms with Crippen molar-refractivity contribution in [1.82, 2.24) is 0 Å². The van der Waals surface area contributed by atoms with E-state index in [1.54, 1.807) is 0 Å². The van der Waals surface area contributed by atoms with E-state index in [-0.39, 0.29) is 6.08 Å². The van der Waals surface area contributed by atoms with Crippen LogP contribution >= 0.6 is 11.6 Å². The second-order valence-electron chi connectivity index (χ2n) is 1.37. The molecule has 0 radical (unpaired) electrons. The van der Waals surface area contributed by atoms with Crippen LogP contribution in [0.25, 0.3) is 0 Å². The van der Waals surface area contributed by atoms with Crippen LogP contribution in [0.3, 0.4) is 0 Å². The number of allylic oxidation sites excluding steroid dienone is 1. The summed E-state index contributed by atoms with van der Waals surface area (Å²) in [6, 6.07) is 0. The van der Waals surface area contributed by atoms with Gasteiger partial charge in [-0.15, -0.1) is 4.39 Å². The van der Waals surface area contributed by atoms with Crippen molar-refractivity contribution in [3.05, 3.63) is 11.6 Å². The van der Waals surface area contributed by atoms with E-state index >= 15 is 0 Å². The van der Waals surface area contributed by atoms with Gasteiger partial charge in [0.2, 0.25) is 0 Å². The third-order valence-corrected chi connectivity index (χ3v) is 0.542. The first-order chi connectivity index (χ1) is 5.83. The van der Waals surface area contributed by atoms with Gasteiger partial charge >= 0.3 is 12.6 Å². The lowest BCUT2D eigenvalue weighted by molar-refractivity contribution is -0.0796. The summed E-state index contributed by atoms with van der Waals surface area (Å²) in [4.78, 5) is 0. The van der Waals surface area contributed by atoms with Crippen molar-refractivity contribution in [2.24, 2.45) is 0 Å². The predicted molar refractivity (Wildman–Crippen MR) is 35.9 cm³/mol. The summed E-state index contributed by atoms with van der Waals surface area (Å²) in [7, 11) is 0. The highest BCUT2D eigenvalue weighted by Gasteiger charge is 2.21. The monoisotopic (exact) mass is 224 g/mol. The third-order valence-electron chi connectivity index (χ3n) is 0.416. The van der Waals surface area contributed by atoms with Crippen molar-refractivity contribution in [2.75, 3.05) is 0 Å². The Labute approximate surface area is 75.2 Å². The summed E-state index contributed by atoms with van der Waals surface area (Å²) in [5, 5.41) is 0. The molecule has 0 rings (SSSR count). The van der Waals surface area contributed by atoms with Crippen molar-refractivity contribution in [1.29, 1.82) is 0 Å². The zero-order valence-electron chi connectivity index (χ0n) is 5.88. The Morgan fingerprint density at radius 2 is 1.69 bits per heavy atom. The third kappa shape index (κ3) is 24.7. The first kappa shape index (κ1) is 14.7. The van der Waals surface area contributed by atoms with Crippen LogP contribution in [0.5, 0.6) is 0 Å². The van der Waals surface area contributed by atoms with Gasteiger partial charge in [-0.05, 0) is 0 Å². The molecule has 0 aliphatic rings. The average molecular weight is 225 g/mol. The molecule has 76 valence electrons. The molecule has 0 fully saturated rings. The quantitative estimate of drug-likeness (QED) is 0.436. The summed E-state index contributed by atoms with van der Waals surface area (Å²) in [6.45, 7) is 0. The molecule has 0 saturated carbocycles. The van der Waals surface area contributed by atoms with Crippen LogP contribution in [0.1, 0.15) is 0 Å². The van der Waals surface area contributed by atoms with E-state index in [0.29, 0.717) is 11.7 Å². The van der Waals surface area contributed by atoms with Crippen LogP contribution in [-0.2, 0) is 0 Å². The largest absolute Gasteiger partial charge is 0.410 e. The molecule has 0 heterocycles. The summed E-state index contributed by atoms with van der Waals surface area (Å²) < 4.78 is 64.3. The Morgan fingerprint density at radius 3 is 1.69 bits per heavy atom. The van der Waals surface area contributed by atoms with Gasteiger partial charge in [-0.2, -0.15) is 22.0 Å². The highest BCUT2D eigenvalue weighted by atomic mass is 35.5. The van der Waals surface area contributed by atoms with Crippen LogP contribution in [0, 0.1) is 12.1 Å². The molecule has 0 aliphatic carbocycles. The zero-order valence-corrected chi connectivity index (χ0v) is 6.63. The van der Waals surface area contributed by atoms with Crippen molar-refractivity contribution in [3.8, 4) is 12.1 Å². The molecule has 0 nitrogen and oxygen atoms in total. The Hall–Kier alpha value is -0.830. The van der Waals surface area contributed by atoms with E-state index in [1.807, 2.05) is 0 Å². The van der Waals surface area contributed by atoms with Gasteiger partial charge in [0.1, 0.15) is 6.17 Å². The molecule has 0 aromatic carbocycles. The number of rotatable bonds is 0. The van der Waals surface area contributed by atoms with Crippen LogP contribution in [-0.4, -0.2) is 12.6 Å². The number of hydrogen-bond donors (Lipinski definition) is 0. The van der Waals surface area contributed by atoms with Gasteiger partial charge in [-0.1, -0.05) is 11.6 Å². The molecule has 13 heavy (non-hydrogen) atoms. The first-order valence-electron chi connectivity index (χ1n) is 2.57. The predicted octanol–water partition coefficient (Wildman–Crippen LogP) is 3.48. The van der Waals surface area contributed by atoms with Crippen molar-refractivity contribution in [3.63, 3.8) is 0 Å².